The summed E-state index contributed by atoms with van der Waals surface area (Å²) in [6, 6.07) is 5.48. The Kier molecular flexibility index (Phi) is 4.20. The summed E-state index contributed by atoms with van der Waals surface area (Å²) >= 11 is 0. The van der Waals surface area contributed by atoms with E-state index >= 15 is 0 Å². The third kappa shape index (κ3) is 5.22. The SMILES string of the molecule is CC(C)(N)CCCc1cccc(C(F)(F)F)c1. The molecule has 1 aromatic rings. The second kappa shape index (κ2) is 5.08. The molecule has 17 heavy (non-hydrogen) atoms. The Hall–Kier alpha value is -1.03. The quantitative estimate of drug-likeness (QED) is 0.858. The Morgan fingerprint density at radius 1 is 1.18 bits per heavy atom. The fourth-order valence-electron chi connectivity index (χ4n) is 1.65. The smallest absolute Gasteiger partial charge is 0.326 e. The molecule has 0 saturated heterocycles. The largest absolute Gasteiger partial charge is 0.416 e. The third-order valence-corrected chi connectivity index (χ3v) is 2.54. The fourth-order valence-corrected chi connectivity index (χ4v) is 1.65. The van der Waals surface area contributed by atoms with Crippen molar-refractivity contribution in [3.05, 3.63) is 35.4 Å². The molecule has 0 aliphatic heterocycles. The number of hydrogen-bond donors (Lipinski definition) is 1. The zero-order valence-corrected chi connectivity index (χ0v) is 10.1. The molecule has 0 fully saturated rings. The molecule has 0 amide bonds. The van der Waals surface area contributed by atoms with Crippen molar-refractivity contribution in [2.24, 2.45) is 5.73 Å². The van der Waals surface area contributed by atoms with E-state index in [1.54, 1.807) is 6.07 Å². The van der Waals surface area contributed by atoms with Crippen LogP contribution in [-0.4, -0.2) is 5.54 Å². The van der Waals surface area contributed by atoms with Crippen molar-refractivity contribution in [1.29, 1.82) is 0 Å². The molecule has 96 valence electrons. The van der Waals surface area contributed by atoms with Crippen LogP contribution in [0, 0.1) is 0 Å². The van der Waals surface area contributed by atoms with E-state index in [2.05, 4.69) is 0 Å². The summed E-state index contributed by atoms with van der Waals surface area (Å²) in [6.07, 6.45) is -2.04. The summed E-state index contributed by atoms with van der Waals surface area (Å²) in [5, 5.41) is 0. The summed E-state index contributed by atoms with van der Waals surface area (Å²) in [4.78, 5) is 0. The molecule has 0 saturated carbocycles. The summed E-state index contributed by atoms with van der Waals surface area (Å²) in [6.45, 7) is 3.83. The predicted octanol–water partition coefficient (Wildman–Crippen LogP) is 3.77. The van der Waals surface area contributed by atoms with Gasteiger partial charge in [-0.15, -0.1) is 0 Å². The summed E-state index contributed by atoms with van der Waals surface area (Å²) in [5.41, 5.74) is 5.69. The van der Waals surface area contributed by atoms with Crippen LogP contribution < -0.4 is 5.73 Å². The van der Waals surface area contributed by atoms with E-state index in [0.717, 1.165) is 18.9 Å². The summed E-state index contributed by atoms with van der Waals surface area (Å²) < 4.78 is 37.4. The maximum Gasteiger partial charge on any atom is 0.416 e. The Morgan fingerprint density at radius 2 is 1.82 bits per heavy atom. The second-order valence-electron chi connectivity index (χ2n) is 5.04. The van der Waals surface area contributed by atoms with E-state index < -0.39 is 11.7 Å². The highest BCUT2D eigenvalue weighted by Crippen LogP contribution is 2.29. The average Bonchev–Trinajstić information content (AvgIpc) is 2.15. The molecule has 4 heteroatoms. The van der Waals surface area contributed by atoms with Crippen molar-refractivity contribution in [2.75, 3.05) is 0 Å². The van der Waals surface area contributed by atoms with Crippen molar-refractivity contribution in [1.82, 2.24) is 0 Å². The van der Waals surface area contributed by atoms with Gasteiger partial charge in [-0.3, -0.25) is 0 Å². The molecule has 0 heterocycles. The van der Waals surface area contributed by atoms with Gasteiger partial charge in [0.2, 0.25) is 0 Å². The van der Waals surface area contributed by atoms with Gasteiger partial charge in [0.25, 0.3) is 0 Å². The summed E-state index contributed by atoms with van der Waals surface area (Å²) in [7, 11) is 0. The normalized spacial score (nSPS) is 12.8. The first-order valence-corrected chi connectivity index (χ1v) is 5.63. The van der Waals surface area contributed by atoms with Crippen LogP contribution in [0.2, 0.25) is 0 Å². The highest BCUT2D eigenvalue weighted by molar-refractivity contribution is 5.25. The van der Waals surface area contributed by atoms with Crippen molar-refractivity contribution >= 4 is 0 Å². The lowest BCUT2D eigenvalue weighted by atomic mass is 9.96. The Balaban J connectivity index is 2.61. The minimum atomic E-state index is -4.26. The first-order valence-electron chi connectivity index (χ1n) is 5.63. The first-order chi connectivity index (χ1) is 7.68. The number of hydrogen-bond acceptors (Lipinski definition) is 1. The molecule has 0 aliphatic carbocycles. The highest BCUT2D eigenvalue weighted by Gasteiger charge is 2.30. The minimum Gasteiger partial charge on any atom is -0.326 e. The average molecular weight is 245 g/mol. The van der Waals surface area contributed by atoms with Crippen LogP contribution in [0.25, 0.3) is 0 Å². The van der Waals surface area contributed by atoms with E-state index in [1.165, 1.54) is 12.1 Å². The van der Waals surface area contributed by atoms with Gasteiger partial charge in [-0.1, -0.05) is 18.2 Å². The number of rotatable bonds is 4. The molecule has 0 aromatic heterocycles. The van der Waals surface area contributed by atoms with E-state index in [9.17, 15) is 13.2 Å². The molecule has 0 unspecified atom stereocenters. The molecule has 0 bridgehead atoms. The van der Waals surface area contributed by atoms with Crippen molar-refractivity contribution < 1.29 is 13.2 Å². The summed E-state index contributed by atoms with van der Waals surface area (Å²) in [5.74, 6) is 0. The molecular formula is C13H18F3N. The molecule has 2 N–H and O–H groups in total. The Labute approximate surface area is 99.8 Å². The number of nitrogens with two attached hydrogens (primary N) is 1. The molecule has 0 spiro atoms. The van der Waals surface area contributed by atoms with Gasteiger partial charge >= 0.3 is 6.18 Å². The first kappa shape index (κ1) is 14.0. The van der Waals surface area contributed by atoms with E-state index in [1.807, 2.05) is 13.8 Å². The van der Waals surface area contributed by atoms with Gasteiger partial charge in [0.1, 0.15) is 0 Å². The van der Waals surface area contributed by atoms with Gasteiger partial charge in [-0.2, -0.15) is 13.2 Å². The lowest BCUT2D eigenvalue weighted by Crippen LogP contribution is -2.31. The molecule has 1 rings (SSSR count). The molecule has 1 nitrogen and oxygen atoms in total. The Morgan fingerprint density at radius 3 is 2.35 bits per heavy atom. The van der Waals surface area contributed by atoms with Gasteiger partial charge in [-0.25, -0.2) is 0 Å². The highest BCUT2D eigenvalue weighted by atomic mass is 19.4. The molecule has 0 atom stereocenters. The van der Waals surface area contributed by atoms with E-state index in [0.29, 0.717) is 12.0 Å². The number of halogens is 3. The predicted molar refractivity (Wildman–Crippen MR) is 62.6 cm³/mol. The van der Waals surface area contributed by atoms with Gasteiger partial charge < -0.3 is 5.73 Å². The van der Waals surface area contributed by atoms with Crippen LogP contribution in [0.5, 0.6) is 0 Å². The van der Waals surface area contributed by atoms with Gasteiger partial charge in [-0.05, 0) is 44.7 Å². The van der Waals surface area contributed by atoms with Crippen LogP contribution >= 0.6 is 0 Å². The lowest BCUT2D eigenvalue weighted by Gasteiger charge is -2.18. The standard InChI is InChI=1S/C13H18F3N/c1-12(2,17)8-4-6-10-5-3-7-11(9-10)13(14,15)16/h3,5,7,9H,4,6,8,17H2,1-2H3. The molecular weight excluding hydrogens is 227 g/mol. The number of aryl methyl sites for hydroxylation is 1. The fraction of sp³-hybridized carbons (Fsp3) is 0.538. The van der Waals surface area contributed by atoms with Crippen LogP contribution in [0.15, 0.2) is 24.3 Å². The van der Waals surface area contributed by atoms with Gasteiger partial charge in [0.15, 0.2) is 0 Å². The minimum absolute atomic E-state index is 0.262. The van der Waals surface area contributed by atoms with E-state index in [-0.39, 0.29) is 5.54 Å². The number of benzene rings is 1. The maximum atomic E-state index is 12.5. The Bertz CT molecular complexity index is 364. The van der Waals surface area contributed by atoms with E-state index in [4.69, 9.17) is 5.73 Å². The number of alkyl halides is 3. The molecule has 0 radical (unpaired) electrons. The van der Waals surface area contributed by atoms with Crippen molar-refractivity contribution in [2.45, 2.75) is 44.8 Å². The third-order valence-electron chi connectivity index (χ3n) is 2.54. The molecule has 1 aromatic carbocycles. The van der Waals surface area contributed by atoms with Crippen LogP contribution in [0.1, 0.15) is 37.8 Å². The maximum absolute atomic E-state index is 12.5. The van der Waals surface area contributed by atoms with Crippen LogP contribution in [0.4, 0.5) is 13.2 Å². The van der Waals surface area contributed by atoms with Gasteiger partial charge in [0.05, 0.1) is 5.56 Å². The zero-order chi connectivity index (χ0) is 13.1. The monoisotopic (exact) mass is 245 g/mol. The molecule has 0 aliphatic rings. The zero-order valence-electron chi connectivity index (χ0n) is 10.1. The lowest BCUT2D eigenvalue weighted by molar-refractivity contribution is -0.137. The van der Waals surface area contributed by atoms with Gasteiger partial charge in [0, 0.05) is 5.54 Å². The topological polar surface area (TPSA) is 26.0 Å². The van der Waals surface area contributed by atoms with Crippen LogP contribution in [0.3, 0.4) is 0 Å². The van der Waals surface area contributed by atoms with Crippen LogP contribution in [-0.2, 0) is 12.6 Å². The van der Waals surface area contributed by atoms with Crippen molar-refractivity contribution in [3.63, 3.8) is 0 Å². The van der Waals surface area contributed by atoms with Crippen molar-refractivity contribution in [3.8, 4) is 0 Å². The second-order valence-corrected chi connectivity index (χ2v) is 5.04.